The van der Waals surface area contributed by atoms with Gasteiger partial charge < -0.3 is 5.73 Å². The summed E-state index contributed by atoms with van der Waals surface area (Å²) in [5.41, 5.74) is 6.85. The van der Waals surface area contributed by atoms with Crippen molar-refractivity contribution in [2.24, 2.45) is 0 Å². The van der Waals surface area contributed by atoms with Gasteiger partial charge in [0.2, 0.25) is 5.95 Å². The first kappa shape index (κ1) is 10.6. The molecule has 0 spiro atoms. The Morgan fingerprint density at radius 1 is 1.17 bits per heavy atom. The highest BCUT2D eigenvalue weighted by atomic mass is 19.1. The molecule has 0 amide bonds. The van der Waals surface area contributed by atoms with Crippen molar-refractivity contribution in [3.63, 3.8) is 0 Å². The Morgan fingerprint density at radius 3 is 2.78 bits per heavy atom. The largest absolute Gasteiger partial charge is 0.369 e. The van der Waals surface area contributed by atoms with E-state index in [9.17, 15) is 8.78 Å². The Balaban J connectivity index is 2.34. The number of imidazole rings is 1. The molecular weight excluding hydrogens is 238 g/mol. The van der Waals surface area contributed by atoms with Crippen LogP contribution < -0.4 is 5.73 Å². The molecule has 3 aromatic rings. The lowest BCUT2D eigenvalue weighted by Crippen LogP contribution is -2.04. The molecule has 0 saturated heterocycles. The Morgan fingerprint density at radius 2 is 2.00 bits per heavy atom. The summed E-state index contributed by atoms with van der Waals surface area (Å²) in [4.78, 5) is 8.17. The minimum absolute atomic E-state index is 0.106. The molecule has 0 bridgehead atoms. The summed E-state index contributed by atoms with van der Waals surface area (Å²) in [6.07, 6.45) is 1.56. The topological polar surface area (TPSA) is 56.7 Å². The van der Waals surface area contributed by atoms with Crippen molar-refractivity contribution in [1.82, 2.24) is 14.5 Å². The molecule has 4 nitrogen and oxygen atoms in total. The van der Waals surface area contributed by atoms with Crippen molar-refractivity contribution in [3.05, 3.63) is 48.2 Å². The van der Waals surface area contributed by atoms with E-state index in [1.807, 2.05) is 0 Å². The molecule has 18 heavy (non-hydrogen) atoms. The van der Waals surface area contributed by atoms with Crippen LogP contribution in [0.4, 0.5) is 14.7 Å². The van der Waals surface area contributed by atoms with Gasteiger partial charge in [0, 0.05) is 12.3 Å². The molecule has 0 aliphatic rings. The number of halogens is 2. The average molecular weight is 246 g/mol. The van der Waals surface area contributed by atoms with E-state index in [0.717, 1.165) is 12.1 Å². The number of hydrogen-bond acceptors (Lipinski definition) is 3. The van der Waals surface area contributed by atoms with Crippen LogP contribution in [0.15, 0.2) is 36.5 Å². The summed E-state index contributed by atoms with van der Waals surface area (Å²) >= 11 is 0. The summed E-state index contributed by atoms with van der Waals surface area (Å²) in [5.74, 6) is -1.26. The molecule has 0 radical (unpaired) electrons. The minimum Gasteiger partial charge on any atom is -0.369 e. The van der Waals surface area contributed by atoms with Crippen LogP contribution in [0.25, 0.3) is 16.9 Å². The zero-order valence-electron chi connectivity index (χ0n) is 9.14. The van der Waals surface area contributed by atoms with Crippen molar-refractivity contribution < 1.29 is 8.78 Å². The van der Waals surface area contributed by atoms with Crippen LogP contribution >= 0.6 is 0 Å². The molecule has 0 atom stereocenters. The van der Waals surface area contributed by atoms with Gasteiger partial charge in [-0.15, -0.1) is 0 Å². The number of nitrogen functional groups attached to an aromatic ring is 1. The van der Waals surface area contributed by atoms with Gasteiger partial charge in [-0.25, -0.2) is 18.7 Å². The lowest BCUT2D eigenvalue weighted by molar-refractivity contribution is 0.578. The third-order valence-corrected chi connectivity index (χ3v) is 2.59. The van der Waals surface area contributed by atoms with Crippen LogP contribution in [0.1, 0.15) is 0 Å². The molecular formula is C12H8F2N4. The molecule has 0 unspecified atom stereocenters. The monoisotopic (exact) mass is 246 g/mol. The van der Waals surface area contributed by atoms with E-state index >= 15 is 0 Å². The van der Waals surface area contributed by atoms with Gasteiger partial charge in [0.15, 0.2) is 5.65 Å². The zero-order valence-corrected chi connectivity index (χ0v) is 9.14. The number of nitrogens with zero attached hydrogens (tertiary/aromatic N) is 3. The fourth-order valence-corrected chi connectivity index (χ4v) is 1.83. The van der Waals surface area contributed by atoms with Crippen LogP contribution in [0.3, 0.4) is 0 Å². The average Bonchev–Trinajstić information content (AvgIpc) is 2.66. The lowest BCUT2D eigenvalue weighted by atomic mass is 10.3. The van der Waals surface area contributed by atoms with E-state index in [4.69, 9.17) is 5.73 Å². The Labute approximate surface area is 101 Å². The number of rotatable bonds is 1. The highest BCUT2D eigenvalue weighted by molar-refractivity contribution is 5.76. The maximum Gasteiger partial charge on any atom is 0.207 e. The second-order valence-electron chi connectivity index (χ2n) is 3.75. The van der Waals surface area contributed by atoms with Crippen molar-refractivity contribution in [2.75, 3.05) is 5.73 Å². The molecule has 0 fully saturated rings. The molecule has 0 aliphatic heterocycles. The van der Waals surface area contributed by atoms with E-state index < -0.39 is 11.6 Å². The summed E-state index contributed by atoms with van der Waals surface area (Å²) < 4.78 is 28.0. The van der Waals surface area contributed by atoms with Crippen molar-refractivity contribution in [1.29, 1.82) is 0 Å². The molecule has 3 rings (SSSR count). The molecule has 90 valence electrons. The normalized spacial score (nSPS) is 11.0. The van der Waals surface area contributed by atoms with Crippen LogP contribution in [0.5, 0.6) is 0 Å². The van der Waals surface area contributed by atoms with Gasteiger partial charge in [0.25, 0.3) is 0 Å². The predicted octanol–water partition coefficient (Wildman–Crippen LogP) is 2.28. The first-order valence-electron chi connectivity index (χ1n) is 5.21. The van der Waals surface area contributed by atoms with Crippen molar-refractivity contribution >= 4 is 17.1 Å². The first-order chi connectivity index (χ1) is 8.66. The second kappa shape index (κ2) is 3.76. The van der Waals surface area contributed by atoms with Gasteiger partial charge in [-0.2, -0.15) is 0 Å². The Kier molecular flexibility index (Phi) is 2.22. The van der Waals surface area contributed by atoms with E-state index in [1.54, 1.807) is 18.3 Å². The molecule has 6 heteroatoms. The molecule has 0 aliphatic carbocycles. The fraction of sp³-hybridized carbons (Fsp3) is 0. The van der Waals surface area contributed by atoms with Gasteiger partial charge >= 0.3 is 0 Å². The lowest BCUT2D eigenvalue weighted by Gasteiger charge is -2.06. The standard InChI is InChI=1S/C12H8F2N4/c13-7-3-4-10(8(14)6-7)18-11-9(17-12(18)15)2-1-5-16-11/h1-6H,(H2,15,17). The van der Waals surface area contributed by atoms with Gasteiger partial charge in [0.05, 0.1) is 5.69 Å². The Hall–Kier alpha value is -2.50. The van der Waals surface area contributed by atoms with Crippen molar-refractivity contribution in [3.8, 4) is 5.69 Å². The summed E-state index contributed by atoms with van der Waals surface area (Å²) in [6.45, 7) is 0. The fourth-order valence-electron chi connectivity index (χ4n) is 1.83. The Bertz CT molecular complexity index is 736. The van der Waals surface area contributed by atoms with Gasteiger partial charge in [-0.1, -0.05) is 0 Å². The molecule has 2 aromatic heterocycles. The zero-order chi connectivity index (χ0) is 12.7. The van der Waals surface area contributed by atoms with Gasteiger partial charge in [0.1, 0.15) is 17.2 Å². The van der Waals surface area contributed by atoms with Gasteiger partial charge in [-0.05, 0) is 24.3 Å². The van der Waals surface area contributed by atoms with E-state index in [0.29, 0.717) is 11.2 Å². The summed E-state index contributed by atoms with van der Waals surface area (Å²) in [7, 11) is 0. The molecule has 2 N–H and O–H groups in total. The van der Waals surface area contributed by atoms with Crippen LogP contribution in [-0.4, -0.2) is 14.5 Å². The quantitative estimate of drug-likeness (QED) is 0.716. The SMILES string of the molecule is Nc1nc2cccnc2n1-c1ccc(F)cc1F. The molecule has 0 saturated carbocycles. The third kappa shape index (κ3) is 1.50. The predicted molar refractivity (Wildman–Crippen MR) is 63.2 cm³/mol. The van der Waals surface area contributed by atoms with E-state index in [-0.39, 0.29) is 11.6 Å². The third-order valence-electron chi connectivity index (χ3n) is 2.59. The number of fused-ring (bicyclic) bond motifs is 1. The summed E-state index contributed by atoms with van der Waals surface area (Å²) in [6, 6.07) is 6.68. The maximum atomic E-state index is 13.7. The summed E-state index contributed by atoms with van der Waals surface area (Å²) in [5, 5.41) is 0. The van der Waals surface area contributed by atoms with Gasteiger partial charge in [-0.3, -0.25) is 4.57 Å². The van der Waals surface area contributed by atoms with E-state index in [1.165, 1.54) is 10.6 Å². The highest BCUT2D eigenvalue weighted by Crippen LogP contribution is 2.23. The number of anilines is 1. The number of pyridine rings is 1. The number of nitrogens with two attached hydrogens (primary N) is 1. The second-order valence-corrected chi connectivity index (χ2v) is 3.75. The van der Waals surface area contributed by atoms with E-state index in [2.05, 4.69) is 9.97 Å². The number of hydrogen-bond donors (Lipinski definition) is 1. The van der Waals surface area contributed by atoms with Crippen molar-refractivity contribution in [2.45, 2.75) is 0 Å². The van der Waals surface area contributed by atoms with Crippen LogP contribution in [0, 0.1) is 11.6 Å². The maximum absolute atomic E-state index is 13.7. The smallest absolute Gasteiger partial charge is 0.207 e. The molecule has 2 heterocycles. The highest BCUT2D eigenvalue weighted by Gasteiger charge is 2.14. The number of benzene rings is 1. The minimum atomic E-state index is -0.716. The first-order valence-corrected chi connectivity index (χ1v) is 5.21. The molecule has 1 aromatic carbocycles. The number of aromatic nitrogens is 3. The van der Waals surface area contributed by atoms with Crippen LogP contribution in [-0.2, 0) is 0 Å². The van der Waals surface area contributed by atoms with Crippen LogP contribution in [0.2, 0.25) is 0 Å².